The maximum absolute atomic E-state index is 12.8. The summed E-state index contributed by atoms with van der Waals surface area (Å²) in [4.78, 5) is 26.1. The van der Waals surface area contributed by atoms with Crippen molar-refractivity contribution in [1.29, 1.82) is 0 Å². The zero-order valence-corrected chi connectivity index (χ0v) is 15.3. The van der Waals surface area contributed by atoms with Crippen LogP contribution in [0.4, 0.5) is 0 Å². The molecule has 2 aromatic heterocycles. The summed E-state index contributed by atoms with van der Waals surface area (Å²) in [6.45, 7) is 8.48. The summed E-state index contributed by atoms with van der Waals surface area (Å²) in [6.07, 6.45) is 3.14. The van der Waals surface area contributed by atoms with E-state index in [2.05, 4.69) is 31.1 Å². The Labute approximate surface area is 144 Å². The Hall–Kier alpha value is -1.76. The third-order valence-corrected chi connectivity index (χ3v) is 6.23. The Balaban J connectivity index is 2.11. The molecule has 2 heterocycles. The van der Waals surface area contributed by atoms with Gasteiger partial charge in [-0.25, -0.2) is 4.79 Å². The molecule has 2 unspecified atom stereocenters. The van der Waals surface area contributed by atoms with Gasteiger partial charge in [-0.15, -0.1) is 16.4 Å². The maximum Gasteiger partial charge on any atom is 0.328 e. The van der Waals surface area contributed by atoms with Crippen LogP contribution in [0.5, 0.6) is 0 Å². The third-order valence-electron chi connectivity index (χ3n) is 5.09. The van der Waals surface area contributed by atoms with Crippen LogP contribution in [-0.2, 0) is 17.6 Å². The van der Waals surface area contributed by atoms with Gasteiger partial charge in [0.1, 0.15) is 0 Å². The second-order valence-corrected chi connectivity index (χ2v) is 8.67. The lowest BCUT2D eigenvalue weighted by atomic mass is 9.72. The van der Waals surface area contributed by atoms with Gasteiger partial charge in [0, 0.05) is 4.88 Å². The summed E-state index contributed by atoms with van der Waals surface area (Å²) in [5.74, 6) is -0.471. The first-order chi connectivity index (χ1) is 11.2. The van der Waals surface area contributed by atoms with Gasteiger partial charge in [0.05, 0.1) is 5.39 Å². The fourth-order valence-electron chi connectivity index (χ4n) is 3.50. The van der Waals surface area contributed by atoms with Gasteiger partial charge in [-0.05, 0) is 42.6 Å². The second kappa shape index (κ2) is 5.95. The molecule has 0 saturated carbocycles. The van der Waals surface area contributed by atoms with Crippen molar-refractivity contribution in [1.82, 2.24) is 15.0 Å². The molecule has 1 aliphatic rings. The lowest BCUT2D eigenvalue weighted by molar-refractivity contribution is -0.141. The fraction of sp³-hybridized carbons (Fsp3) is 0.647. The Bertz CT molecular complexity index is 847. The third kappa shape index (κ3) is 2.75. The molecule has 130 valence electrons. The van der Waals surface area contributed by atoms with Gasteiger partial charge >= 0.3 is 5.97 Å². The van der Waals surface area contributed by atoms with Crippen molar-refractivity contribution in [2.45, 2.75) is 59.4 Å². The van der Waals surface area contributed by atoms with E-state index in [0.717, 1.165) is 29.5 Å². The minimum atomic E-state index is -1.05. The van der Waals surface area contributed by atoms with Crippen LogP contribution in [0.3, 0.4) is 0 Å². The minimum Gasteiger partial charge on any atom is -0.480 e. The molecule has 6 nitrogen and oxygen atoms in total. The number of carbonyl (C=O) groups is 1. The van der Waals surface area contributed by atoms with E-state index in [1.807, 2.05) is 0 Å². The predicted molar refractivity (Wildman–Crippen MR) is 93.6 cm³/mol. The molecule has 2 aromatic rings. The SMILES string of the molecule is CCC(C(=O)O)n1nnc2sc3c(c2c1=O)CCC(C(C)(C)C)C3. The van der Waals surface area contributed by atoms with Crippen LogP contribution in [0.2, 0.25) is 0 Å². The number of aryl methyl sites for hydroxylation is 1. The Morgan fingerprint density at radius 2 is 2.17 bits per heavy atom. The summed E-state index contributed by atoms with van der Waals surface area (Å²) >= 11 is 1.54. The molecule has 2 atom stereocenters. The molecule has 0 bridgehead atoms. The molecule has 0 saturated heterocycles. The lowest BCUT2D eigenvalue weighted by Gasteiger charge is -2.33. The first-order valence-corrected chi connectivity index (χ1v) is 9.18. The molecule has 24 heavy (non-hydrogen) atoms. The van der Waals surface area contributed by atoms with Crippen molar-refractivity contribution in [2.24, 2.45) is 11.3 Å². The van der Waals surface area contributed by atoms with E-state index >= 15 is 0 Å². The normalized spacial score (nSPS) is 19.2. The summed E-state index contributed by atoms with van der Waals surface area (Å²) in [5.41, 5.74) is 0.974. The van der Waals surface area contributed by atoms with Gasteiger partial charge in [0.2, 0.25) is 0 Å². The average Bonchev–Trinajstić information content (AvgIpc) is 2.87. The van der Waals surface area contributed by atoms with Crippen LogP contribution in [0.15, 0.2) is 4.79 Å². The smallest absolute Gasteiger partial charge is 0.328 e. The average molecular weight is 349 g/mol. The van der Waals surface area contributed by atoms with Crippen molar-refractivity contribution in [3.63, 3.8) is 0 Å². The molecular weight excluding hydrogens is 326 g/mol. The second-order valence-electron chi connectivity index (χ2n) is 7.59. The molecule has 0 aromatic carbocycles. The van der Waals surface area contributed by atoms with Crippen LogP contribution < -0.4 is 5.56 Å². The van der Waals surface area contributed by atoms with Crippen LogP contribution in [0.25, 0.3) is 10.2 Å². The number of carboxylic acid groups (broad SMARTS) is 1. The van der Waals surface area contributed by atoms with E-state index in [4.69, 9.17) is 0 Å². The van der Waals surface area contributed by atoms with Crippen molar-refractivity contribution in [3.8, 4) is 0 Å². The number of carboxylic acids is 1. The summed E-state index contributed by atoms with van der Waals surface area (Å²) in [5, 5.41) is 17.9. The molecule has 3 rings (SSSR count). The standard InChI is InChI=1S/C17H23N3O3S/c1-5-11(16(22)23)20-15(21)13-10-7-6-9(17(2,3)4)8-12(10)24-14(13)18-19-20/h9,11H,5-8H2,1-4H3,(H,22,23). The van der Waals surface area contributed by atoms with Crippen molar-refractivity contribution in [3.05, 3.63) is 20.8 Å². The van der Waals surface area contributed by atoms with Gasteiger partial charge in [0.15, 0.2) is 10.9 Å². The monoisotopic (exact) mass is 349 g/mol. The van der Waals surface area contributed by atoms with E-state index < -0.39 is 12.0 Å². The van der Waals surface area contributed by atoms with Crippen LogP contribution in [0.1, 0.15) is 57.0 Å². The molecular formula is C17H23N3O3S. The van der Waals surface area contributed by atoms with E-state index in [0.29, 0.717) is 22.6 Å². The number of hydrogen-bond donors (Lipinski definition) is 1. The van der Waals surface area contributed by atoms with E-state index in [1.165, 1.54) is 16.2 Å². The van der Waals surface area contributed by atoms with E-state index in [1.54, 1.807) is 6.92 Å². The molecule has 0 fully saturated rings. The van der Waals surface area contributed by atoms with Gasteiger partial charge in [-0.2, -0.15) is 4.68 Å². The highest BCUT2D eigenvalue weighted by Gasteiger charge is 2.32. The Morgan fingerprint density at radius 1 is 1.46 bits per heavy atom. The summed E-state index contributed by atoms with van der Waals surface area (Å²) < 4.78 is 1.04. The van der Waals surface area contributed by atoms with Crippen LogP contribution in [-0.4, -0.2) is 26.1 Å². The molecule has 0 spiro atoms. The topological polar surface area (TPSA) is 85.1 Å². The van der Waals surface area contributed by atoms with Crippen LogP contribution >= 0.6 is 11.3 Å². The van der Waals surface area contributed by atoms with Crippen molar-refractivity contribution < 1.29 is 9.90 Å². The number of aromatic nitrogens is 3. The highest BCUT2D eigenvalue weighted by atomic mass is 32.1. The molecule has 0 amide bonds. The quantitative estimate of drug-likeness (QED) is 0.920. The number of rotatable bonds is 3. The summed E-state index contributed by atoms with van der Waals surface area (Å²) in [6, 6.07) is -0.962. The van der Waals surface area contributed by atoms with Gasteiger partial charge < -0.3 is 5.11 Å². The van der Waals surface area contributed by atoms with Gasteiger partial charge in [-0.3, -0.25) is 4.79 Å². The number of hydrogen-bond acceptors (Lipinski definition) is 5. The highest BCUT2D eigenvalue weighted by Crippen LogP contribution is 2.41. The highest BCUT2D eigenvalue weighted by molar-refractivity contribution is 7.18. The molecule has 1 aliphatic carbocycles. The van der Waals surface area contributed by atoms with Gasteiger partial charge in [-0.1, -0.05) is 32.9 Å². The lowest BCUT2D eigenvalue weighted by Crippen LogP contribution is -2.33. The number of nitrogens with zero attached hydrogens (tertiary/aromatic N) is 3. The fourth-order valence-corrected chi connectivity index (χ4v) is 4.74. The van der Waals surface area contributed by atoms with Crippen molar-refractivity contribution in [2.75, 3.05) is 0 Å². The Morgan fingerprint density at radius 3 is 2.75 bits per heavy atom. The van der Waals surface area contributed by atoms with Crippen LogP contribution in [0, 0.1) is 11.3 Å². The predicted octanol–water partition coefficient (Wildman–Crippen LogP) is 3.04. The molecule has 0 radical (unpaired) electrons. The zero-order chi connectivity index (χ0) is 17.6. The first kappa shape index (κ1) is 17.1. The van der Waals surface area contributed by atoms with E-state index in [9.17, 15) is 14.7 Å². The Kier molecular flexibility index (Phi) is 4.23. The number of fused-ring (bicyclic) bond motifs is 3. The molecule has 7 heteroatoms. The zero-order valence-electron chi connectivity index (χ0n) is 14.5. The number of thiophene rings is 1. The molecule has 1 N–H and O–H groups in total. The van der Waals surface area contributed by atoms with E-state index in [-0.39, 0.29) is 11.0 Å². The largest absolute Gasteiger partial charge is 0.480 e. The van der Waals surface area contributed by atoms with Gasteiger partial charge in [0.25, 0.3) is 5.56 Å². The van der Waals surface area contributed by atoms with Crippen molar-refractivity contribution >= 4 is 27.5 Å². The number of aliphatic carboxylic acids is 1. The first-order valence-electron chi connectivity index (χ1n) is 8.36. The summed E-state index contributed by atoms with van der Waals surface area (Å²) in [7, 11) is 0. The minimum absolute atomic E-state index is 0.233. The molecule has 0 aliphatic heterocycles. The maximum atomic E-state index is 12.8.